The number of hydrazine groups is 1. The highest BCUT2D eigenvalue weighted by atomic mass is 35.5. The van der Waals surface area contributed by atoms with Crippen molar-refractivity contribution in [2.45, 2.75) is 12.5 Å². The molecule has 1 atom stereocenters. The lowest BCUT2D eigenvalue weighted by molar-refractivity contribution is -0.127. The zero-order valence-electron chi connectivity index (χ0n) is 13.9. The Kier molecular flexibility index (Phi) is 4.33. The van der Waals surface area contributed by atoms with Gasteiger partial charge in [-0.05, 0) is 36.4 Å². The number of nitrogen functional groups attached to an aromatic ring is 1. The van der Waals surface area contributed by atoms with Gasteiger partial charge in [0.2, 0.25) is 0 Å². The summed E-state index contributed by atoms with van der Waals surface area (Å²) < 4.78 is 19.6. The number of hydrogen-bond acceptors (Lipinski definition) is 5. The highest BCUT2D eigenvalue weighted by Crippen LogP contribution is 2.30. The number of anilines is 2. The number of aromatic amines is 1. The zero-order chi connectivity index (χ0) is 19.0. The molecule has 1 aromatic heterocycles. The average molecular weight is 388 g/mol. The Morgan fingerprint density at radius 3 is 3.07 bits per heavy atom. The van der Waals surface area contributed by atoms with Crippen LogP contribution in [0.2, 0.25) is 5.02 Å². The number of nitrogens with zero attached hydrogens (tertiary/aromatic N) is 1. The van der Waals surface area contributed by atoms with Crippen molar-refractivity contribution in [2.24, 2.45) is 0 Å². The molecule has 0 aliphatic carbocycles. The van der Waals surface area contributed by atoms with Crippen LogP contribution in [0.3, 0.4) is 0 Å². The summed E-state index contributed by atoms with van der Waals surface area (Å²) in [7, 11) is 0. The van der Waals surface area contributed by atoms with Crippen LogP contribution in [0.25, 0.3) is 16.7 Å². The number of ether oxygens (including phenoxy) is 1. The Labute approximate surface area is 158 Å². The molecule has 2 heterocycles. The number of carbonyl (C=O) groups is 1. The molecule has 2 aromatic carbocycles. The number of fused-ring (bicyclic) bond motifs is 1. The molecule has 0 saturated heterocycles. The quantitative estimate of drug-likeness (QED) is 0.514. The molecule has 9 heteroatoms. The minimum absolute atomic E-state index is 0.0377. The van der Waals surface area contributed by atoms with E-state index in [9.17, 15) is 9.18 Å². The predicted octanol–water partition coefficient (Wildman–Crippen LogP) is 3.21. The van der Waals surface area contributed by atoms with Gasteiger partial charge in [0.05, 0.1) is 16.2 Å². The van der Waals surface area contributed by atoms with Crippen molar-refractivity contribution in [2.75, 3.05) is 11.2 Å². The Morgan fingerprint density at radius 2 is 2.22 bits per heavy atom. The van der Waals surface area contributed by atoms with E-state index in [1.165, 1.54) is 12.1 Å². The Bertz CT molecular complexity index is 1070. The molecular formula is C18H15ClFN5O2. The number of H-pyrrole nitrogens is 1. The number of rotatable bonds is 4. The maximum Gasteiger partial charge on any atom is 0.279 e. The number of carbonyl (C=O) groups excluding carboxylic acids is 1. The molecule has 1 aliphatic rings. The van der Waals surface area contributed by atoms with E-state index >= 15 is 0 Å². The summed E-state index contributed by atoms with van der Waals surface area (Å²) in [5.41, 5.74) is 12.5. The molecule has 1 amide bonds. The van der Waals surface area contributed by atoms with Gasteiger partial charge >= 0.3 is 0 Å². The molecular weight excluding hydrogens is 373 g/mol. The summed E-state index contributed by atoms with van der Waals surface area (Å²) in [6.07, 6.45) is 1.48. The molecule has 0 saturated carbocycles. The number of nitrogens with two attached hydrogens (primary N) is 1. The maximum atomic E-state index is 13.8. The third kappa shape index (κ3) is 3.26. The van der Waals surface area contributed by atoms with Gasteiger partial charge in [-0.25, -0.2) is 4.39 Å². The fraction of sp³-hybridized carbons (Fsp3) is 0.111. The lowest BCUT2D eigenvalue weighted by atomic mass is 10.1. The second-order valence-corrected chi connectivity index (χ2v) is 6.40. The second-order valence-electron chi connectivity index (χ2n) is 6.00. The van der Waals surface area contributed by atoms with Gasteiger partial charge in [0, 0.05) is 17.4 Å². The lowest BCUT2D eigenvalue weighted by Gasteiger charge is -2.15. The number of halogens is 2. The van der Waals surface area contributed by atoms with Crippen molar-refractivity contribution >= 4 is 45.7 Å². The first-order valence-electron chi connectivity index (χ1n) is 8.13. The topological polar surface area (TPSA) is 105 Å². The maximum absolute atomic E-state index is 13.8. The molecule has 138 valence electrons. The molecule has 0 radical (unpaired) electrons. The number of aromatic nitrogens is 2. The highest BCUT2D eigenvalue weighted by Gasteiger charge is 2.26. The second kappa shape index (κ2) is 6.81. The van der Waals surface area contributed by atoms with E-state index in [2.05, 4.69) is 21.0 Å². The minimum atomic E-state index is -0.730. The lowest BCUT2D eigenvalue weighted by Crippen LogP contribution is -2.38. The first-order valence-corrected chi connectivity index (χ1v) is 8.51. The van der Waals surface area contributed by atoms with Crippen LogP contribution in [0.1, 0.15) is 12.0 Å². The largest absolute Gasteiger partial charge is 0.480 e. The Hall–Kier alpha value is -3.26. The minimum Gasteiger partial charge on any atom is -0.480 e. The van der Waals surface area contributed by atoms with Gasteiger partial charge in [-0.3, -0.25) is 20.7 Å². The van der Waals surface area contributed by atoms with Crippen LogP contribution in [-0.4, -0.2) is 22.2 Å². The van der Waals surface area contributed by atoms with E-state index in [-0.39, 0.29) is 10.7 Å². The third-order valence-electron chi connectivity index (χ3n) is 4.23. The van der Waals surface area contributed by atoms with Crippen molar-refractivity contribution in [1.29, 1.82) is 0 Å². The fourth-order valence-electron chi connectivity index (χ4n) is 2.81. The number of benzene rings is 2. The zero-order valence-corrected chi connectivity index (χ0v) is 14.7. The molecule has 0 fully saturated rings. The van der Waals surface area contributed by atoms with Crippen LogP contribution < -0.4 is 16.6 Å². The summed E-state index contributed by atoms with van der Waals surface area (Å²) >= 11 is 5.71. The highest BCUT2D eigenvalue weighted by molar-refractivity contribution is 6.31. The van der Waals surface area contributed by atoms with E-state index in [0.717, 1.165) is 16.5 Å². The molecule has 0 spiro atoms. The molecule has 5 N–H and O–H groups in total. The number of nitrogens with one attached hydrogen (secondary N) is 3. The standard InChI is InChI=1S/C18H15ClFN5O2/c19-11-2-1-3-13(16(11)20)23-25-18(26)15-7-6-14(27-15)9-4-5-12-10(8-9)17(21)24-22-12/h1-6,8,15,23H,7H2,(H,25,26)(H3,21,22,24). The molecule has 7 nitrogen and oxygen atoms in total. The number of hydrogen-bond donors (Lipinski definition) is 4. The van der Waals surface area contributed by atoms with Crippen LogP contribution in [-0.2, 0) is 9.53 Å². The molecule has 4 rings (SSSR count). The monoisotopic (exact) mass is 387 g/mol. The average Bonchev–Trinajstić information content (AvgIpc) is 3.30. The summed E-state index contributed by atoms with van der Waals surface area (Å²) in [4.78, 5) is 12.3. The smallest absolute Gasteiger partial charge is 0.279 e. The van der Waals surface area contributed by atoms with Gasteiger partial charge < -0.3 is 10.5 Å². The van der Waals surface area contributed by atoms with Crippen LogP contribution in [0.15, 0.2) is 42.5 Å². The Balaban J connectivity index is 1.41. The fourth-order valence-corrected chi connectivity index (χ4v) is 2.98. The van der Waals surface area contributed by atoms with Gasteiger partial charge in [-0.15, -0.1) is 0 Å². The summed E-state index contributed by atoms with van der Waals surface area (Å²) in [6.45, 7) is 0. The number of amides is 1. The van der Waals surface area contributed by atoms with E-state index in [1.807, 2.05) is 24.3 Å². The van der Waals surface area contributed by atoms with Gasteiger partial charge in [0.15, 0.2) is 17.7 Å². The van der Waals surface area contributed by atoms with E-state index in [1.54, 1.807) is 6.07 Å². The van der Waals surface area contributed by atoms with Gasteiger partial charge in [0.1, 0.15) is 5.76 Å². The van der Waals surface area contributed by atoms with Gasteiger partial charge in [-0.2, -0.15) is 5.10 Å². The van der Waals surface area contributed by atoms with Crippen molar-refractivity contribution in [3.8, 4) is 0 Å². The van der Waals surface area contributed by atoms with Crippen molar-refractivity contribution < 1.29 is 13.9 Å². The van der Waals surface area contributed by atoms with Crippen molar-refractivity contribution in [1.82, 2.24) is 15.6 Å². The van der Waals surface area contributed by atoms with E-state index in [0.29, 0.717) is 18.0 Å². The normalized spacial score (nSPS) is 16.1. The van der Waals surface area contributed by atoms with E-state index in [4.69, 9.17) is 22.1 Å². The van der Waals surface area contributed by atoms with Crippen LogP contribution in [0, 0.1) is 5.82 Å². The van der Waals surface area contributed by atoms with Gasteiger partial charge in [0.25, 0.3) is 5.91 Å². The van der Waals surface area contributed by atoms with Crippen molar-refractivity contribution in [3.05, 3.63) is 58.9 Å². The first-order chi connectivity index (χ1) is 13.0. The van der Waals surface area contributed by atoms with Crippen LogP contribution in [0.4, 0.5) is 15.9 Å². The summed E-state index contributed by atoms with van der Waals surface area (Å²) in [5.74, 6) is -0.0970. The molecule has 1 unspecified atom stereocenters. The molecule has 27 heavy (non-hydrogen) atoms. The molecule has 1 aliphatic heterocycles. The van der Waals surface area contributed by atoms with Gasteiger partial charge in [-0.1, -0.05) is 17.7 Å². The van der Waals surface area contributed by atoms with Crippen molar-refractivity contribution in [3.63, 3.8) is 0 Å². The predicted molar refractivity (Wildman–Crippen MR) is 101 cm³/mol. The van der Waals surface area contributed by atoms with Crippen LogP contribution in [0.5, 0.6) is 0 Å². The first kappa shape index (κ1) is 17.2. The SMILES string of the molecule is Nc1n[nH]c2ccc(C3=CCC(C(=O)NNc4cccc(Cl)c4F)O3)cc12. The van der Waals surface area contributed by atoms with E-state index < -0.39 is 17.8 Å². The third-order valence-corrected chi connectivity index (χ3v) is 4.52. The summed E-state index contributed by atoms with van der Waals surface area (Å²) in [5, 5.41) is 7.52. The van der Waals surface area contributed by atoms with Crippen LogP contribution >= 0.6 is 11.6 Å². The Morgan fingerprint density at radius 1 is 1.37 bits per heavy atom. The molecule has 3 aromatic rings. The molecule has 0 bridgehead atoms. The summed E-state index contributed by atoms with van der Waals surface area (Å²) in [6, 6.07) is 10.00.